The molecule has 4 atom stereocenters. The molecule has 3 heteroatoms. The lowest BCUT2D eigenvalue weighted by Gasteiger charge is -2.28. The fourth-order valence-electron chi connectivity index (χ4n) is 4.31. The molecule has 2 saturated heterocycles. The van der Waals surface area contributed by atoms with Crippen LogP contribution < -0.4 is 0 Å². The average molecular weight is 349 g/mol. The second kappa shape index (κ2) is 8.53. The molecule has 2 aliphatic rings. The highest BCUT2D eigenvalue weighted by atomic mass is 16.6. The smallest absolute Gasteiger partial charge is 0.309 e. The Morgan fingerprint density at radius 3 is 2.52 bits per heavy atom. The van der Waals surface area contributed by atoms with Crippen LogP contribution in [0.1, 0.15) is 86.0 Å². The van der Waals surface area contributed by atoms with E-state index in [9.17, 15) is 4.79 Å². The van der Waals surface area contributed by atoms with Crippen LogP contribution in [0.4, 0.5) is 0 Å². The van der Waals surface area contributed by atoms with Crippen molar-refractivity contribution < 1.29 is 14.3 Å². The second-order valence-electron chi connectivity index (χ2n) is 7.66. The maximum atomic E-state index is 11.8. The highest BCUT2D eigenvalue weighted by Gasteiger charge is 2.60. The van der Waals surface area contributed by atoms with E-state index in [0.29, 0.717) is 12.3 Å². The van der Waals surface area contributed by atoms with Gasteiger partial charge < -0.3 is 9.47 Å². The van der Waals surface area contributed by atoms with Crippen molar-refractivity contribution >= 4 is 5.97 Å². The molecule has 3 nitrogen and oxygen atoms in total. The lowest BCUT2D eigenvalue weighted by molar-refractivity contribution is -0.149. The first-order valence-corrected chi connectivity index (χ1v) is 10.2. The molecule has 0 spiro atoms. The summed E-state index contributed by atoms with van der Waals surface area (Å²) in [6, 6.07) is 0. The van der Waals surface area contributed by atoms with E-state index in [1.165, 1.54) is 5.57 Å². The van der Waals surface area contributed by atoms with Crippen molar-refractivity contribution in [3.63, 3.8) is 0 Å². The van der Waals surface area contributed by atoms with Gasteiger partial charge in [0, 0.05) is 6.42 Å². The molecule has 2 heterocycles. The Labute approximate surface area is 153 Å². The van der Waals surface area contributed by atoms with E-state index in [-0.39, 0.29) is 17.7 Å². The fourth-order valence-corrected chi connectivity index (χ4v) is 4.31. The van der Waals surface area contributed by atoms with Crippen LogP contribution >= 0.6 is 0 Å². The SMILES string of the molecule is CC/C=C/C(CC)C/C(=C/[C@@]1(CC)C[C@]2(CC)OC(=O)C[C@@H]2O1)CC. The number of ether oxygens (including phenoxy) is 2. The molecule has 0 saturated carbocycles. The molecular weight excluding hydrogens is 312 g/mol. The first kappa shape index (κ1) is 20.2. The van der Waals surface area contributed by atoms with E-state index >= 15 is 0 Å². The van der Waals surface area contributed by atoms with Gasteiger partial charge in [0.1, 0.15) is 11.7 Å². The molecule has 2 fully saturated rings. The predicted octanol–water partition coefficient (Wildman–Crippen LogP) is 5.74. The minimum absolute atomic E-state index is 0.0822. The Hall–Kier alpha value is -1.09. The minimum atomic E-state index is -0.408. The first-order valence-electron chi connectivity index (χ1n) is 10.2. The maximum Gasteiger partial charge on any atom is 0.309 e. The molecule has 142 valence electrons. The molecule has 2 rings (SSSR count). The van der Waals surface area contributed by atoms with Gasteiger partial charge in [-0.1, -0.05) is 58.4 Å². The lowest BCUT2D eigenvalue weighted by Crippen LogP contribution is -2.35. The third-order valence-corrected chi connectivity index (χ3v) is 6.04. The van der Waals surface area contributed by atoms with Crippen LogP contribution in [0.5, 0.6) is 0 Å². The number of fused-ring (bicyclic) bond motifs is 1. The van der Waals surface area contributed by atoms with Crippen LogP contribution in [-0.4, -0.2) is 23.3 Å². The number of carbonyl (C=O) groups excluding carboxylic acids is 1. The van der Waals surface area contributed by atoms with Crippen molar-refractivity contribution in [2.75, 3.05) is 0 Å². The summed E-state index contributed by atoms with van der Waals surface area (Å²) in [4.78, 5) is 11.8. The van der Waals surface area contributed by atoms with Gasteiger partial charge in [-0.25, -0.2) is 0 Å². The van der Waals surface area contributed by atoms with Crippen LogP contribution in [0, 0.1) is 5.92 Å². The Balaban J connectivity index is 2.20. The van der Waals surface area contributed by atoms with Crippen LogP contribution in [0.25, 0.3) is 0 Å². The van der Waals surface area contributed by atoms with Gasteiger partial charge in [-0.3, -0.25) is 4.79 Å². The molecule has 2 aliphatic heterocycles. The van der Waals surface area contributed by atoms with Gasteiger partial charge in [0.2, 0.25) is 0 Å². The summed E-state index contributed by atoms with van der Waals surface area (Å²) in [5.41, 5.74) is 0.779. The van der Waals surface area contributed by atoms with Gasteiger partial charge in [-0.2, -0.15) is 0 Å². The van der Waals surface area contributed by atoms with Gasteiger partial charge >= 0.3 is 5.97 Å². The summed E-state index contributed by atoms with van der Waals surface area (Å²) in [5, 5.41) is 0. The number of hydrogen-bond donors (Lipinski definition) is 0. The fraction of sp³-hybridized carbons (Fsp3) is 0.773. The predicted molar refractivity (Wildman–Crippen MR) is 102 cm³/mol. The van der Waals surface area contributed by atoms with Gasteiger partial charge in [0.05, 0.1) is 12.0 Å². The Morgan fingerprint density at radius 1 is 1.24 bits per heavy atom. The van der Waals surface area contributed by atoms with E-state index in [2.05, 4.69) is 52.8 Å². The number of esters is 1. The van der Waals surface area contributed by atoms with Gasteiger partial charge in [0.25, 0.3) is 0 Å². The number of rotatable bonds is 9. The molecule has 0 aromatic heterocycles. The standard InChI is InChI=1S/C22H36O3/c1-6-11-12-17(7-2)13-18(8-3)15-21(9-4)16-22(10-5)19(24-21)14-20(23)25-22/h11-12,15,17,19H,6-10,13-14,16H2,1-5H3/b12-11+,18-15+/t17?,19-,21-,22-/m0/s1. The molecule has 0 amide bonds. The van der Waals surface area contributed by atoms with Crippen molar-refractivity contribution in [2.24, 2.45) is 5.92 Å². The van der Waals surface area contributed by atoms with Gasteiger partial charge in [0.15, 0.2) is 0 Å². The monoisotopic (exact) mass is 348 g/mol. The number of allylic oxidation sites excluding steroid dienone is 3. The third kappa shape index (κ3) is 4.36. The summed E-state index contributed by atoms with van der Waals surface area (Å²) in [6.07, 6.45) is 14.3. The topological polar surface area (TPSA) is 35.5 Å². The number of hydrogen-bond acceptors (Lipinski definition) is 3. The van der Waals surface area contributed by atoms with Crippen molar-refractivity contribution in [3.8, 4) is 0 Å². The van der Waals surface area contributed by atoms with E-state index < -0.39 is 5.60 Å². The molecule has 25 heavy (non-hydrogen) atoms. The molecule has 0 aromatic carbocycles. The third-order valence-electron chi connectivity index (χ3n) is 6.04. The summed E-state index contributed by atoms with van der Waals surface area (Å²) in [6.45, 7) is 11.0. The number of carbonyl (C=O) groups is 1. The molecule has 0 aliphatic carbocycles. The summed E-state index contributed by atoms with van der Waals surface area (Å²) in [5.74, 6) is 0.492. The van der Waals surface area contributed by atoms with Crippen LogP contribution in [-0.2, 0) is 14.3 Å². The maximum absolute atomic E-state index is 11.8. The Morgan fingerprint density at radius 2 is 2.00 bits per heavy atom. The Bertz CT molecular complexity index is 521. The van der Waals surface area contributed by atoms with Crippen molar-refractivity contribution in [3.05, 3.63) is 23.8 Å². The highest BCUT2D eigenvalue weighted by Crippen LogP contribution is 2.50. The Kier molecular flexibility index (Phi) is 6.90. The minimum Gasteiger partial charge on any atom is -0.456 e. The van der Waals surface area contributed by atoms with Gasteiger partial charge in [-0.15, -0.1) is 0 Å². The zero-order chi connectivity index (χ0) is 18.5. The zero-order valence-corrected chi connectivity index (χ0v) is 16.8. The van der Waals surface area contributed by atoms with Crippen LogP contribution in [0.3, 0.4) is 0 Å². The van der Waals surface area contributed by atoms with E-state index in [1.54, 1.807) is 0 Å². The largest absolute Gasteiger partial charge is 0.456 e. The highest BCUT2D eigenvalue weighted by molar-refractivity contribution is 5.73. The van der Waals surface area contributed by atoms with Gasteiger partial charge in [-0.05, 0) is 44.4 Å². The van der Waals surface area contributed by atoms with Crippen LogP contribution in [0.15, 0.2) is 23.8 Å². The van der Waals surface area contributed by atoms with E-state index in [1.807, 2.05) is 0 Å². The summed E-state index contributed by atoms with van der Waals surface area (Å²) in [7, 11) is 0. The molecule has 0 N–H and O–H groups in total. The lowest BCUT2D eigenvalue weighted by atomic mass is 9.82. The molecular formula is C22H36O3. The van der Waals surface area contributed by atoms with Crippen molar-refractivity contribution in [1.29, 1.82) is 0 Å². The second-order valence-corrected chi connectivity index (χ2v) is 7.66. The zero-order valence-electron chi connectivity index (χ0n) is 16.8. The normalized spacial score (nSPS) is 33.7. The molecule has 1 unspecified atom stereocenters. The van der Waals surface area contributed by atoms with Crippen molar-refractivity contribution in [1.82, 2.24) is 0 Å². The first-order chi connectivity index (χ1) is 12.0. The molecule has 0 aromatic rings. The van der Waals surface area contributed by atoms with Crippen LogP contribution in [0.2, 0.25) is 0 Å². The van der Waals surface area contributed by atoms with E-state index in [4.69, 9.17) is 9.47 Å². The molecule has 0 radical (unpaired) electrons. The van der Waals surface area contributed by atoms with E-state index in [0.717, 1.165) is 44.9 Å². The quantitative estimate of drug-likeness (QED) is 0.394. The van der Waals surface area contributed by atoms with Crippen molar-refractivity contribution in [2.45, 2.75) is 103 Å². The molecule has 0 bridgehead atoms. The average Bonchev–Trinajstić information content (AvgIpc) is 3.07. The summed E-state index contributed by atoms with van der Waals surface area (Å²) >= 11 is 0. The summed E-state index contributed by atoms with van der Waals surface area (Å²) < 4.78 is 12.2.